The number of hydrogen-bond donors (Lipinski definition) is 1. The first-order valence-corrected chi connectivity index (χ1v) is 12.9. The van der Waals surface area contributed by atoms with E-state index in [4.69, 9.17) is 23.2 Å². The van der Waals surface area contributed by atoms with Gasteiger partial charge in [-0.25, -0.2) is 4.79 Å². The highest BCUT2D eigenvalue weighted by molar-refractivity contribution is 6.33. The molecule has 0 bridgehead atoms. The van der Waals surface area contributed by atoms with E-state index in [1.54, 1.807) is 23.1 Å². The van der Waals surface area contributed by atoms with Gasteiger partial charge in [0.25, 0.3) is 5.91 Å². The summed E-state index contributed by atoms with van der Waals surface area (Å²) in [6.45, 7) is 7.19. The van der Waals surface area contributed by atoms with Crippen molar-refractivity contribution in [1.82, 2.24) is 4.90 Å². The Balaban J connectivity index is 1.56. The Labute approximate surface area is 216 Å². The number of anilines is 2. The van der Waals surface area contributed by atoms with E-state index >= 15 is 0 Å². The largest absolute Gasteiger partial charge is 0.465 e. The third-order valence-corrected chi connectivity index (χ3v) is 7.98. The van der Waals surface area contributed by atoms with Gasteiger partial charge in [-0.1, -0.05) is 56.1 Å². The standard InChI is InChI=1S/C27H31Cl2N3O3/c1-26(2,3)23(19-16-17(28)8-11-20(19)29)32(25(34)35)27(12-13-27)24(33)31-15-14-30(18-9-10-18)21-6-4-5-7-22(21)31/h4-8,11,16,18,23H,9-10,12-15H2,1-3H3,(H,34,35). The van der Waals surface area contributed by atoms with Crippen LogP contribution in [0.3, 0.4) is 0 Å². The van der Waals surface area contributed by atoms with E-state index in [1.807, 2.05) is 39.0 Å². The smallest absolute Gasteiger partial charge is 0.408 e. The van der Waals surface area contributed by atoms with Crippen molar-refractivity contribution in [3.8, 4) is 0 Å². The zero-order chi connectivity index (χ0) is 25.1. The number of para-hydroxylation sites is 2. The van der Waals surface area contributed by atoms with Gasteiger partial charge in [-0.05, 0) is 67.0 Å². The summed E-state index contributed by atoms with van der Waals surface area (Å²) in [7, 11) is 0. The number of hydrogen-bond acceptors (Lipinski definition) is 3. The molecule has 2 aromatic carbocycles. The molecule has 1 atom stereocenters. The van der Waals surface area contributed by atoms with Gasteiger partial charge in [-0.3, -0.25) is 9.69 Å². The number of rotatable bonds is 5. The number of carboxylic acid groups (broad SMARTS) is 1. The molecule has 5 rings (SSSR count). The van der Waals surface area contributed by atoms with Crippen molar-refractivity contribution in [3.05, 3.63) is 58.1 Å². The van der Waals surface area contributed by atoms with Crippen molar-refractivity contribution in [1.29, 1.82) is 0 Å². The third kappa shape index (κ3) is 4.25. The topological polar surface area (TPSA) is 64.1 Å². The molecule has 0 aromatic heterocycles. The van der Waals surface area contributed by atoms with Crippen LogP contribution in [-0.4, -0.2) is 46.7 Å². The molecule has 8 heteroatoms. The Morgan fingerprint density at radius 3 is 2.29 bits per heavy atom. The second-order valence-electron chi connectivity index (χ2n) is 11.0. The van der Waals surface area contributed by atoms with Gasteiger partial charge >= 0.3 is 6.09 Å². The summed E-state index contributed by atoms with van der Waals surface area (Å²) >= 11 is 12.9. The van der Waals surface area contributed by atoms with Crippen molar-refractivity contribution >= 4 is 46.6 Å². The maximum Gasteiger partial charge on any atom is 0.408 e. The molecule has 2 aromatic rings. The molecule has 2 saturated carbocycles. The zero-order valence-electron chi connectivity index (χ0n) is 20.3. The highest BCUT2D eigenvalue weighted by atomic mass is 35.5. The van der Waals surface area contributed by atoms with Crippen LogP contribution in [0.15, 0.2) is 42.5 Å². The van der Waals surface area contributed by atoms with Crippen LogP contribution in [0.5, 0.6) is 0 Å². The molecule has 0 spiro atoms. The van der Waals surface area contributed by atoms with Crippen LogP contribution in [0.1, 0.15) is 58.1 Å². The normalized spacial score (nSPS) is 19.7. The average Bonchev–Trinajstić information content (AvgIpc) is 3.72. The highest BCUT2D eigenvalue weighted by Gasteiger charge is 2.62. The Bertz CT molecular complexity index is 1170. The summed E-state index contributed by atoms with van der Waals surface area (Å²) in [5.74, 6) is -0.157. The molecular formula is C27H31Cl2N3O3. The number of amides is 2. The Morgan fingerprint density at radius 1 is 1.06 bits per heavy atom. The molecule has 186 valence electrons. The summed E-state index contributed by atoms with van der Waals surface area (Å²) in [6, 6.07) is 12.9. The van der Waals surface area contributed by atoms with Crippen LogP contribution >= 0.6 is 23.2 Å². The van der Waals surface area contributed by atoms with Gasteiger partial charge in [-0.2, -0.15) is 0 Å². The average molecular weight is 516 g/mol. The van der Waals surface area contributed by atoms with E-state index < -0.39 is 23.1 Å². The molecule has 0 radical (unpaired) electrons. The van der Waals surface area contributed by atoms with Crippen LogP contribution in [0.25, 0.3) is 0 Å². The second kappa shape index (κ2) is 8.59. The van der Waals surface area contributed by atoms with E-state index in [0.717, 1.165) is 17.9 Å². The number of fused-ring (bicyclic) bond motifs is 1. The minimum Gasteiger partial charge on any atom is -0.465 e. The Morgan fingerprint density at radius 2 is 1.71 bits per heavy atom. The van der Waals surface area contributed by atoms with Gasteiger partial charge < -0.3 is 14.9 Å². The number of halogens is 2. The van der Waals surface area contributed by atoms with E-state index in [-0.39, 0.29) is 5.91 Å². The van der Waals surface area contributed by atoms with E-state index in [0.29, 0.717) is 41.0 Å². The van der Waals surface area contributed by atoms with Crippen molar-refractivity contribution in [2.75, 3.05) is 22.9 Å². The summed E-state index contributed by atoms with van der Waals surface area (Å²) < 4.78 is 0. The molecule has 2 amide bonds. The Hall–Kier alpha value is -2.44. The SMILES string of the molecule is CC(C)(C)C(c1cc(Cl)ccc1Cl)N(C(=O)O)C1(C(=O)N2CCN(C3CC3)c3ccccc32)CC1. The van der Waals surface area contributed by atoms with Crippen LogP contribution in [0.4, 0.5) is 16.2 Å². The maximum absolute atomic E-state index is 14.2. The van der Waals surface area contributed by atoms with Gasteiger partial charge in [0.05, 0.1) is 17.4 Å². The lowest BCUT2D eigenvalue weighted by Crippen LogP contribution is -2.58. The second-order valence-corrected chi connectivity index (χ2v) is 11.8. The molecule has 1 unspecified atom stereocenters. The summed E-state index contributed by atoms with van der Waals surface area (Å²) in [4.78, 5) is 32.7. The first-order valence-electron chi connectivity index (χ1n) is 12.2. The molecule has 1 aliphatic heterocycles. The first-order chi connectivity index (χ1) is 16.5. The third-order valence-electron chi connectivity index (χ3n) is 7.40. The minimum absolute atomic E-state index is 0.157. The lowest BCUT2D eigenvalue weighted by atomic mass is 9.80. The summed E-state index contributed by atoms with van der Waals surface area (Å²) in [5, 5.41) is 11.5. The molecule has 35 heavy (non-hydrogen) atoms. The lowest BCUT2D eigenvalue weighted by Gasteiger charge is -2.46. The molecule has 2 fully saturated rings. The lowest BCUT2D eigenvalue weighted by molar-refractivity contribution is -0.126. The minimum atomic E-state index is -1.13. The van der Waals surface area contributed by atoms with Crippen LogP contribution < -0.4 is 9.80 Å². The van der Waals surface area contributed by atoms with Crippen LogP contribution in [0, 0.1) is 5.41 Å². The summed E-state index contributed by atoms with van der Waals surface area (Å²) in [5.41, 5.74) is 0.861. The predicted octanol–water partition coefficient (Wildman–Crippen LogP) is 6.61. The fourth-order valence-electron chi connectivity index (χ4n) is 5.55. The molecule has 1 N–H and O–H groups in total. The summed E-state index contributed by atoms with van der Waals surface area (Å²) in [6.07, 6.45) is 2.18. The molecular weight excluding hydrogens is 485 g/mol. The molecule has 2 aliphatic carbocycles. The number of benzene rings is 2. The van der Waals surface area contributed by atoms with E-state index in [2.05, 4.69) is 11.0 Å². The van der Waals surface area contributed by atoms with Crippen LogP contribution in [-0.2, 0) is 4.79 Å². The van der Waals surface area contributed by atoms with Crippen molar-refractivity contribution < 1.29 is 14.7 Å². The van der Waals surface area contributed by atoms with Crippen molar-refractivity contribution in [2.45, 2.75) is 64.1 Å². The number of carbonyl (C=O) groups excluding carboxylic acids is 1. The number of carbonyl (C=O) groups is 2. The molecule has 1 heterocycles. The highest BCUT2D eigenvalue weighted by Crippen LogP contribution is 2.54. The van der Waals surface area contributed by atoms with Crippen molar-refractivity contribution in [2.24, 2.45) is 5.41 Å². The van der Waals surface area contributed by atoms with Crippen LogP contribution in [0.2, 0.25) is 10.0 Å². The number of nitrogens with zero attached hydrogens (tertiary/aromatic N) is 3. The fourth-order valence-corrected chi connectivity index (χ4v) is 5.95. The van der Waals surface area contributed by atoms with Crippen molar-refractivity contribution in [3.63, 3.8) is 0 Å². The molecule has 3 aliphatic rings. The molecule has 0 saturated heterocycles. The quantitative estimate of drug-likeness (QED) is 0.486. The predicted molar refractivity (Wildman–Crippen MR) is 140 cm³/mol. The monoisotopic (exact) mass is 515 g/mol. The van der Waals surface area contributed by atoms with Gasteiger partial charge in [0, 0.05) is 29.2 Å². The van der Waals surface area contributed by atoms with Gasteiger partial charge in [0.15, 0.2) is 0 Å². The van der Waals surface area contributed by atoms with E-state index in [1.165, 1.54) is 17.7 Å². The fraction of sp³-hybridized carbons (Fsp3) is 0.481. The van der Waals surface area contributed by atoms with E-state index in [9.17, 15) is 14.7 Å². The molecule has 6 nitrogen and oxygen atoms in total. The first kappa shape index (κ1) is 24.3. The zero-order valence-corrected chi connectivity index (χ0v) is 21.8. The Kier molecular flexibility index (Phi) is 5.96. The van der Waals surface area contributed by atoms with Gasteiger partial charge in [0.1, 0.15) is 5.54 Å². The van der Waals surface area contributed by atoms with Gasteiger partial charge in [0.2, 0.25) is 0 Å². The van der Waals surface area contributed by atoms with Gasteiger partial charge in [-0.15, -0.1) is 0 Å². The maximum atomic E-state index is 14.2.